The fraction of sp³-hybridized carbons (Fsp3) is 0.450. The SMILES string of the molecule is CCN(CCc1nc2c(C)cccc2[nH]1)c1cc([C@H]2CCOC2)ncn1. The van der Waals surface area contributed by atoms with E-state index in [-0.39, 0.29) is 0 Å². The number of imidazole rings is 1. The molecule has 1 fully saturated rings. The lowest BCUT2D eigenvalue weighted by atomic mass is 10.0. The Morgan fingerprint density at radius 2 is 2.23 bits per heavy atom. The molecule has 0 radical (unpaired) electrons. The van der Waals surface area contributed by atoms with Crippen molar-refractivity contribution >= 4 is 16.9 Å². The molecule has 6 heteroatoms. The predicted molar refractivity (Wildman–Crippen MR) is 103 cm³/mol. The zero-order chi connectivity index (χ0) is 17.9. The number of ether oxygens (including phenoxy) is 1. The number of nitrogens with zero attached hydrogens (tertiary/aromatic N) is 4. The van der Waals surface area contributed by atoms with Crippen molar-refractivity contribution in [1.82, 2.24) is 19.9 Å². The molecular formula is C20H25N5O. The zero-order valence-electron chi connectivity index (χ0n) is 15.4. The van der Waals surface area contributed by atoms with E-state index in [4.69, 9.17) is 9.72 Å². The van der Waals surface area contributed by atoms with Crippen LogP contribution >= 0.6 is 0 Å². The van der Waals surface area contributed by atoms with Crippen molar-refractivity contribution in [3.05, 3.63) is 47.7 Å². The maximum absolute atomic E-state index is 5.50. The number of aryl methyl sites for hydroxylation is 1. The van der Waals surface area contributed by atoms with E-state index in [1.807, 2.05) is 0 Å². The lowest BCUT2D eigenvalue weighted by Gasteiger charge is -2.22. The minimum absolute atomic E-state index is 0.397. The minimum Gasteiger partial charge on any atom is -0.381 e. The van der Waals surface area contributed by atoms with E-state index in [2.05, 4.69) is 58.0 Å². The van der Waals surface area contributed by atoms with E-state index in [0.717, 1.165) is 67.5 Å². The van der Waals surface area contributed by atoms with Crippen LogP contribution in [-0.4, -0.2) is 46.2 Å². The molecule has 1 aliphatic rings. The summed E-state index contributed by atoms with van der Waals surface area (Å²) in [5.41, 5.74) is 4.46. The van der Waals surface area contributed by atoms with Crippen molar-refractivity contribution in [1.29, 1.82) is 0 Å². The van der Waals surface area contributed by atoms with Gasteiger partial charge in [0.15, 0.2) is 0 Å². The summed E-state index contributed by atoms with van der Waals surface area (Å²) in [6, 6.07) is 8.36. The molecule has 1 N–H and O–H groups in total. The first-order valence-electron chi connectivity index (χ1n) is 9.33. The third-order valence-corrected chi connectivity index (χ3v) is 5.11. The normalized spacial score (nSPS) is 17.1. The molecule has 1 aromatic carbocycles. The second-order valence-electron chi connectivity index (χ2n) is 6.85. The molecule has 0 bridgehead atoms. The number of para-hydroxylation sites is 1. The Kier molecular flexibility index (Phi) is 4.84. The van der Waals surface area contributed by atoms with Crippen LogP contribution in [0, 0.1) is 6.92 Å². The number of aromatic nitrogens is 4. The molecule has 1 saturated heterocycles. The van der Waals surface area contributed by atoms with Crippen molar-refractivity contribution in [2.24, 2.45) is 0 Å². The van der Waals surface area contributed by atoms with E-state index >= 15 is 0 Å². The molecular weight excluding hydrogens is 326 g/mol. The summed E-state index contributed by atoms with van der Waals surface area (Å²) >= 11 is 0. The van der Waals surface area contributed by atoms with E-state index in [9.17, 15) is 0 Å². The first-order valence-corrected chi connectivity index (χ1v) is 9.33. The Morgan fingerprint density at radius 1 is 1.31 bits per heavy atom. The molecule has 1 aliphatic heterocycles. The van der Waals surface area contributed by atoms with Crippen LogP contribution in [0.1, 0.15) is 36.3 Å². The summed E-state index contributed by atoms with van der Waals surface area (Å²) in [5, 5.41) is 0. The number of aromatic amines is 1. The minimum atomic E-state index is 0.397. The number of benzene rings is 1. The van der Waals surface area contributed by atoms with Crippen molar-refractivity contribution in [2.75, 3.05) is 31.2 Å². The molecule has 2 aromatic heterocycles. The van der Waals surface area contributed by atoms with Crippen molar-refractivity contribution < 1.29 is 4.74 Å². The molecule has 3 aromatic rings. The number of nitrogens with one attached hydrogen (secondary N) is 1. The van der Waals surface area contributed by atoms with Gasteiger partial charge in [0.1, 0.15) is 18.0 Å². The third kappa shape index (κ3) is 3.42. The highest BCUT2D eigenvalue weighted by Gasteiger charge is 2.20. The number of fused-ring (bicyclic) bond motifs is 1. The number of anilines is 1. The molecule has 0 aliphatic carbocycles. The Balaban J connectivity index is 1.48. The van der Waals surface area contributed by atoms with Gasteiger partial charge < -0.3 is 14.6 Å². The van der Waals surface area contributed by atoms with Crippen LogP contribution in [0.2, 0.25) is 0 Å². The molecule has 4 rings (SSSR count). The molecule has 0 spiro atoms. The van der Waals surface area contributed by atoms with Crippen LogP contribution < -0.4 is 4.90 Å². The maximum atomic E-state index is 5.50. The molecule has 0 unspecified atom stereocenters. The lowest BCUT2D eigenvalue weighted by molar-refractivity contribution is 0.193. The molecule has 1 atom stereocenters. The standard InChI is InChI=1S/C20H25N5O/c1-3-25(19-11-17(21-13-22-19)15-8-10-26-12-15)9-7-18-23-16-6-4-5-14(2)20(16)24-18/h4-6,11,13,15H,3,7-10,12H2,1-2H3,(H,23,24)/t15-/m0/s1. The van der Waals surface area contributed by atoms with Crippen LogP contribution in [0.4, 0.5) is 5.82 Å². The fourth-order valence-corrected chi connectivity index (χ4v) is 3.55. The summed E-state index contributed by atoms with van der Waals surface area (Å²) in [7, 11) is 0. The summed E-state index contributed by atoms with van der Waals surface area (Å²) in [6.07, 6.45) is 3.57. The Morgan fingerprint density at radius 3 is 3.00 bits per heavy atom. The van der Waals surface area contributed by atoms with Gasteiger partial charge in [-0.2, -0.15) is 0 Å². The van der Waals surface area contributed by atoms with Crippen LogP contribution in [0.5, 0.6) is 0 Å². The summed E-state index contributed by atoms with van der Waals surface area (Å²) in [5.74, 6) is 2.40. The first kappa shape index (κ1) is 17.0. The highest BCUT2D eigenvalue weighted by Crippen LogP contribution is 2.25. The first-order chi connectivity index (χ1) is 12.7. The molecule has 0 amide bonds. The van der Waals surface area contributed by atoms with E-state index in [0.29, 0.717) is 5.92 Å². The largest absolute Gasteiger partial charge is 0.381 e. The highest BCUT2D eigenvalue weighted by molar-refractivity contribution is 5.78. The zero-order valence-corrected chi connectivity index (χ0v) is 15.4. The van der Waals surface area contributed by atoms with Gasteiger partial charge in [0, 0.05) is 38.1 Å². The van der Waals surface area contributed by atoms with Gasteiger partial charge in [-0.05, 0) is 31.9 Å². The Bertz CT molecular complexity index is 885. The smallest absolute Gasteiger partial charge is 0.132 e. The molecule has 0 saturated carbocycles. The number of hydrogen-bond donors (Lipinski definition) is 1. The average Bonchev–Trinajstić information content (AvgIpc) is 3.33. The number of H-pyrrole nitrogens is 1. The fourth-order valence-electron chi connectivity index (χ4n) is 3.55. The predicted octanol–water partition coefficient (Wildman–Crippen LogP) is 3.23. The second kappa shape index (κ2) is 7.41. The molecule has 6 nitrogen and oxygen atoms in total. The number of rotatable bonds is 6. The summed E-state index contributed by atoms with van der Waals surface area (Å²) < 4.78 is 5.50. The van der Waals surface area contributed by atoms with Gasteiger partial charge in [-0.15, -0.1) is 0 Å². The van der Waals surface area contributed by atoms with Gasteiger partial charge in [-0.1, -0.05) is 12.1 Å². The Hall–Kier alpha value is -2.47. The van der Waals surface area contributed by atoms with Gasteiger partial charge in [-0.3, -0.25) is 0 Å². The van der Waals surface area contributed by atoms with Crippen LogP contribution in [0.3, 0.4) is 0 Å². The van der Waals surface area contributed by atoms with E-state index < -0.39 is 0 Å². The van der Waals surface area contributed by atoms with Crippen LogP contribution in [0.15, 0.2) is 30.6 Å². The van der Waals surface area contributed by atoms with E-state index in [1.165, 1.54) is 5.56 Å². The van der Waals surface area contributed by atoms with Crippen molar-refractivity contribution in [3.8, 4) is 0 Å². The van der Waals surface area contributed by atoms with Crippen molar-refractivity contribution in [3.63, 3.8) is 0 Å². The third-order valence-electron chi connectivity index (χ3n) is 5.11. The maximum Gasteiger partial charge on any atom is 0.132 e. The summed E-state index contributed by atoms with van der Waals surface area (Å²) in [6.45, 7) is 7.61. The van der Waals surface area contributed by atoms with E-state index in [1.54, 1.807) is 6.33 Å². The van der Waals surface area contributed by atoms with Gasteiger partial charge in [0.05, 0.1) is 23.3 Å². The monoisotopic (exact) mass is 351 g/mol. The van der Waals surface area contributed by atoms with Gasteiger partial charge >= 0.3 is 0 Å². The number of likely N-dealkylation sites (N-methyl/N-ethyl adjacent to an activating group) is 1. The van der Waals surface area contributed by atoms with Crippen molar-refractivity contribution in [2.45, 2.75) is 32.6 Å². The average molecular weight is 351 g/mol. The molecule has 26 heavy (non-hydrogen) atoms. The van der Waals surface area contributed by atoms with Gasteiger partial charge in [0.2, 0.25) is 0 Å². The van der Waals surface area contributed by atoms with Crippen LogP contribution in [-0.2, 0) is 11.2 Å². The topological polar surface area (TPSA) is 66.9 Å². The van der Waals surface area contributed by atoms with Gasteiger partial charge in [0.25, 0.3) is 0 Å². The highest BCUT2D eigenvalue weighted by atomic mass is 16.5. The Labute approximate surface area is 153 Å². The van der Waals surface area contributed by atoms with Crippen LogP contribution in [0.25, 0.3) is 11.0 Å². The summed E-state index contributed by atoms with van der Waals surface area (Å²) in [4.78, 5) is 19.4. The quantitative estimate of drug-likeness (QED) is 0.738. The molecule has 136 valence electrons. The second-order valence-corrected chi connectivity index (χ2v) is 6.85. The molecule has 3 heterocycles. The lowest BCUT2D eigenvalue weighted by Crippen LogP contribution is -2.27. The van der Waals surface area contributed by atoms with Gasteiger partial charge in [-0.25, -0.2) is 15.0 Å². The number of hydrogen-bond acceptors (Lipinski definition) is 5.